The van der Waals surface area contributed by atoms with E-state index < -0.39 is 30.3 Å². The molecule has 0 aromatic carbocycles. The minimum atomic E-state index is -0.961. The second-order valence-corrected chi connectivity index (χ2v) is 5.49. The van der Waals surface area contributed by atoms with E-state index in [0.29, 0.717) is 16.3 Å². The number of halogens is 1. The van der Waals surface area contributed by atoms with Crippen molar-refractivity contribution in [3.63, 3.8) is 0 Å². The first-order chi connectivity index (χ1) is 9.95. The quantitative estimate of drug-likeness (QED) is 0.530. The third-order valence-electron chi connectivity index (χ3n) is 4.11. The summed E-state index contributed by atoms with van der Waals surface area (Å²) in [5.74, 6) is -2.09. The Kier molecular flexibility index (Phi) is 6.31. The second kappa shape index (κ2) is 7.55. The predicted molar refractivity (Wildman–Crippen MR) is 80.1 cm³/mol. The molecule has 124 valence electrons. The number of hydrogen-bond acceptors (Lipinski definition) is 5. The summed E-state index contributed by atoms with van der Waals surface area (Å²) in [5, 5.41) is 2.82. The van der Waals surface area contributed by atoms with Gasteiger partial charge < -0.3 is 11.1 Å². The minimum Gasteiger partial charge on any atom is -0.351 e. The number of nitrogens with zero attached hydrogens (tertiary/aromatic N) is 2. The van der Waals surface area contributed by atoms with Gasteiger partial charge in [0, 0.05) is 13.1 Å². The lowest BCUT2D eigenvalue weighted by molar-refractivity contribution is -0.143. The van der Waals surface area contributed by atoms with Crippen LogP contribution in [0.15, 0.2) is 0 Å². The molecule has 8 nitrogen and oxygen atoms in total. The Bertz CT molecular complexity index is 485. The summed E-state index contributed by atoms with van der Waals surface area (Å²) < 4.78 is 0. The molecule has 1 saturated carbocycles. The zero-order valence-corrected chi connectivity index (χ0v) is 13.2. The lowest BCUT2D eigenvalue weighted by Gasteiger charge is -2.31. The van der Waals surface area contributed by atoms with Crippen LogP contribution in [0.4, 0.5) is 4.79 Å². The summed E-state index contributed by atoms with van der Waals surface area (Å²) in [6.45, 7) is 0.0648. The van der Waals surface area contributed by atoms with Crippen LogP contribution in [0.1, 0.15) is 25.7 Å². The SMILES string of the molecule is CN1C(=O)C(=O)N(CC(=O)NC2CCCCC2CN)C1=O.Cl. The van der Waals surface area contributed by atoms with Crippen molar-refractivity contribution < 1.29 is 19.2 Å². The highest BCUT2D eigenvalue weighted by atomic mass is 35.5. The maximum Gasteiger partial charge on any atom is 0.334 e. The zero-order valence-electron chi connectivity index (χ0n) is 12.4. The molecule has 9 heteroatoms. The van der Waals surface area contributed by atoms with Crippen molar-refractivity contribution in [2.75, 3.05) is 20.1 Å². The van der Waals surface area contributed by atoms with Gasteiger partial charge in [-0.2, -0.15) is 0 Å². The number of rotatable bonds is 4. The number of amides is 5. The molecular weight excluding hydrogens is 312 g/mol. The summed E-state index contributed by atoms with van der Waals surface area (Å²) in [4.78, 5) is 48.0. The summed E-state index contributed by atoms with van der Waals surface area (Å²) >= 11 is 0. The Hall–Kier alpha value is -1.67. The minimum absolute atomic E-state index is 0. The van der Waals surface area contributed by atoms with E-state index in [1.165, 1.54) is 7.05 Å². The van der Waals surface area contributed by atoms with Crippen LogP contribution < -0.4 is 11.1 Å². The number of imide groups is 2. The Morgan fingerprint density at radius 1 is 1.23 bits per heavy atom. The molecule has 2 fully saturated rings. The van der Waals surface area contributed by atoms with Gasteiger partial charge in [-0.05, 0) is 25.3 Å². The molecule has 22 heavy (non-hydrogen) atoms. The Labute approximate surface area is 134 Å². The van der Waals surface area contributed by atoms with Crippen LogP contribution >= 0.6 is 12.4 Å². The summed E-state index contributed by atoms with van der Waals surface area (Å²) in [7, 11) is 1.21. The van der Waals surface area contributed by atoms with Crippen LogP contribution in [0.3, 0.4) is 0 Å². The predicted octanol–water partition coefficient (Wildman–Crippen LogP) is -0.537. The van der Waals surface area contributed by atoms with Crippen LogP contribution in [0.25, 0.3) is 0 Å². The van der Waals surface area contributed by atoms with Crippen LogP contribution in [-0.4, -0.2) is 59.7 Å². The summed E-state index contributed by atoms with van der Waals surface area (Å²) in [6.07, 6.45) is 3.92. The van der Waals surface area contributed by atoms with E-state index in [4.69, 9.17) is 5.73 Å². The van der Waals surface area contributed by atoms with Crippen molar-refractivity contribution in [1.82, 2.24) is 15.1 Å². The maximum atomic E-state index is 12.0. The molecule has 5 amide bonds. The highest BCUT2D eigenvalue weighted by Gasteiger charge is 2.43. The lowest BCUT2D eigenvalue weighted by atomic mass is 9.84. The van der Waals surface area contributed by atoms with Crippen LogP contribution in [0.2, 0.25) is 0 Å². The number of carbonyl (C=O) groups is 4. The van der Waals surface area contributed by atoms with Crippen LogP contribution in [0, 0.1) is 5.92 Å². The van der Waals surface area contributed by atoms with Crippen molar-refractivity contribution in [3.05, 3.63) is 0 Å². The largest absolute Gasteiger partial charge is 0.351 e. The van der Waals surface area contributed by atoms with Gasteiger partial charge in [-0.1, -0.05) is 12.8 Å². The Morgan fingerprint density at radius 3 is 2.41 bits per heavy atom. The van der Waals surface area contributed by atoms with Crippen LogP contribution in [-0.2, 0) is 14.4 Å². The van der Waals surface area contributed by atoms with Gasteiger partial charge in [0.05, 0.1) is 0 Å². The summed E-state index contributed by atoms with van der Waals surface area (Å²) in [6, 6.07) is -0.795. The second-order valence-electron chi connectivity index (χ2n) is 5.49. The highest BCUT2D eigenvalue weighted by Crippen LogP contribution is 2.23. The standard InChI is InChI=1S/C13H20N4O4.ClH/c1-16-11(19)12(20)17(13(16)21)7-10(18)15-9-5-3-2-4-8(9)6-14;/h8-9H,2-7,14H2,1H3,(H,15,18);1H. The fourth-order valence-corrected chi connectivity index (χ4v) is 2.83. The molecule has 3 N–H and O–H groups in total. The van der Waals surface area contributed by atoms with Gasteiger partial charge in [0.1, 0.15) is 6.54 Å². The van der Waals surface area contributed by atoms with E-state index in [1.54, 1.807) is 0 Å². The molecule has 1 aliphatic heterocycles. The van der Waals surface area contributed by atoms with Crippen molar-refractivity contribution in [1.29, 1.82) is 0 Å². The Morgan fingerprint density at radius 2 is 1.86 bits per heavy atom. The number of hydrogen-bond donors (Lipinski definition) is 2. The molecule has 0 spiro atoms. The molecule has 2 unspecified atom stereocenters. The van der Waals surface area contributed by atoms with Crippen molar-refractivity contribution >= 4 is 36.2 Å². The molecule has 2 rings (SSSR count). The molecule has 0 aromatic rings. The van der Waals surface area contributed by atoms with Crippen molar-refractivity contribution in [2.45, 2.75) is 31.7 Å². The molecule has 0 radical (unpaired) electrons. The smallest absolute Gasteiger partial charge is 0.334 e. The van der Waals surface area contributed by atoms with Gasteiger partial charge in [-0.15, -0.1) is 12.4 Å². The van der Waals surface area contributed by atoms with E-state index in [-0.39, 0.29) is 24.4 Å². The molecule has 1 aliphatic carbocycles. The van der Waals surface area contributed by atoms with E-state index in [0.717, 1.165) is 25.7 Å². The monoisotopic (exact) mass is 332 g/mol. The van der Waals surface area contributed by atoms with Crippen molar-refractivity contribution in [3.8, 4) is 0 Å². The zero-order chi connectivity index (χ0) is 15.6. The molecule has 2 atom stereocenters. The van der Waals surface area contributed by atoms with E-state index in [1.807, 2.05) is 0 Å². The fraction of sp³-hybridized carbons (Fsp3) is 0.692. The first-order valence-corrected chi connectivity index (χ1v) is 7.08. The third kappa shape index (κ3) is 3.56. The van der Waals surface area contributed by atoms with E-state index in [2.05, 4.69) is 5.32 Å². The normalized spacial score (nSPS) is 25.3. The van der Waals surface area contributed by atoms with Gasteiger partial charge in [0.15, 0.2) is 0 Å². The van der Waals surface area contributed by atoms with Crippen LogP contribution in [0.5, 0.6) is 0 Å². The van der Waals surface area contributed by atoms with Gasteiger partial charge in [-0.3, -0.25) is 19.3 Å². The van der Waals surface area contributed by atoms with E-state index >= 15 is 0 Å². The fourth-order valence-electron chi connectivity index (χ4n) is 2.83. The average molecular weight is 333 g/mol. The molecule has 1 saturated heterocycles. The van der Waals surface area contributed by atoms with Gasteiger partial charge in [-0.25, -0.2) is 9.69 Å². The van der Waals surface area contributed by atoms with E-state index in [9.17, 15) is 19.2 Å². The highest BCUT2D eigenvalue weighted by molar-refractivity contribution is 6.44. The molecular formula is C13H21ClN4O4. The lowest BCUT2D eigenvalue weighted by Crippen LogP contribution is -2.49. The molecule has 0 aromatic heterocycles. The first kappa shape index (κ1) is 18.4. The topological polar surface area (TPSA) is 113 Å². The average Bonchev–Trinajstić information content (AvgIpc) is 2.66. The molecule has 0 bridgehead atoms. The number of carbonyl (C=O) groups excluding carboxylic acids is 4. The van der Waals surface area contributed by atoms with Gasteiger partial charge >= 0.3 is 17.8 Å². The number of nitrogens with two attached hydrogens (primary N) is 1. The number of urea groups is 1. The van der Waals surface area contributed by atoms with Crippen molar-refractivity contribution in [2.24, 2.45) is 11.7 Å². The molecule has 1 heterocycles. The molecule has 2 aliphatic rings. The maximum absolute atomic E-state index is 12.0. The Balaban J connectivity index is 0.00000242. The first-order valence-electron chi connectivity index (χ1n) is 7.08. The number of nitrogens with one attached hydrogen (secondary N) is 1. The summed E-state index contributed by atoms with van der Waals surface area (Å²) in [5.41, 5.74) is 5.69. The van der Waals surface area contributed by atoms with Gasteiger partial charge in [0.25, 0.3) is 0 Å². The third-order valence-corrected chi connectivity index (χ3v) is 4.11. The number of likely N-dealkylation sites (N-methyl/N-ethyl adjacent to an activating group) is 1. The van der Waals surface area contributed by atoms with Gasteiger partial charge in [0.2, 0.25) is 5.91 Å².